The Morgan fingerprint density at radius 3 is 2.64 bits per heavy atom. The highest BCUT2D eigenvalue weighted by atomic mass is 19.4. The largest absolute Gasteiger partial charge is 0.416 e. The summed E-state index contributed by atoms with van der Waals surface area (Å²) >= 11 is 0. The van der Waals surface area contributed by atoms with Crippen LogP contribution in [0.4, 0.5) is 24.7 Å². The highest BCUT2D eigenvalue weighted by Gasteiger charge is 2.31. The summed E-state index contributed by atoms with van der Waals surface area (Å²) in [6.45, 7) is 0. The lowest BCUT2D eigenvalue weighted by atomic mass is 10.0. The van der Waals surface area contributed by atoms with Gasteiger partial charge in [-0.05, 0) is 35.4 Å². The Balaban J connectivity index is 1.66. The van der Waals surface area contributed by atoms with Crippen LogP contribution in [0.25, 0.3) is 0 Å². The van der Waals surface area contributed by atoms with Gasteiger partial charge >= 0.3 is 6.18 Å². The van der Waals surface area contributed by atoms with Crippen LogP contribution < -0.4 is 5.32 Å². The van der Waals surface area contributed by atoms with E-state index < -0.39 is 17.6 Å². The molecule has 0 fully saturated rings. The highest BCUT2D eigenvalue weighted by Crippen LogP contribution is 2.34. The van der Waals surface area contributed by atoms with Gasteiger partial charge in [0.05, 0.1) is 22.5 Å². The molecule has 0 radical (unpaired) electrons. The number of fused-ring (bicyclic) bond motifs is 1. The Kier molecular flexibility index (Phi) is 4.38. The number of anilines is 1. The van der Waals surface area contributed by atoms with Crippen molar-refractivity contribution in [2.75, 3.05) is 5.32 Å². The fourth-order valence-corrected chi connectivity index (χ4v) is 2.99. The minimum atomic E-state index is -4.43. The summed E-state index contributed by atoms with van der Waals surface area (Å²) in [6.07, 6.45) is -1.26. The van der Waals surface area contributed by atoms with Gasteiger partial charge in [-0.3, -0.25) is 9.79 Å². The number of hydrogen-bond acceptors (Lipinski definition) is 4. The van der Waals surface area contributed by atoms with Gasteiger partial charge in [0.15, 0.2) is 0 Å². The summed E-state index contributed by atoms with van der Waals surface area (Å²) in [5.41, 5.74) is 1.71. The minimum Gasteiger partial charge on any atom is -0.306 e. The topological polar surface area (TPSA) is 67.2 Å². The molecular formula is C20H13F3N4O. The van der Waals surface area contributed by atoms with E-state index in [-0.39, 0.29) is 0 Å². The van der Waals surface area contributed by atoms with Gasteiger partial charge in [-0.25, -0.2) is 9.97 Å². The number of hydrogen-bond donors (Lipinski definition) is 1. The third-order valence-electron chi connectivity index (χ3n) is 4.32. The zero-order valence-electron chi connectivity index (χ0n) is 14.4. The number of aromatic nitrogens is 2. The van der Waals surface area contributed by atoms with Gasteiger partial charge < -0.3 is 5.32 Å². The van der Waals surface area contributed by atoms with Gasteiger partial charge in [-0.15, -0.1) is 0 Å². The predicted molar refractivity (Wildman–Crippen MR) is 97.8 cm³/mol. The van der Waals surface area contributed by atoms with Crippen molar-refractivity contribution in [2.45, 2.75) is 12.6 Å². The molecule has 0 aliphatic carbocycles. The first-order chi connectivity index (χ1) is 13.4. The number of benzene rings is 2. The summed E-state index contributed by atoms with van der Waals surface area (Å²) in [5, 5.41) is 2.66. The number of carbonyl (C=O) groups is 1. The molecule has 5 nitrogen and oxygen atoms in total. The molecule has 1 aliphatic heterocycles. The maximum Gasteiger partial charge on any atom is 0.416 e. The molecule has 1 aromatic heterocycles. The van der Waals surface area contributed by atoms with Crippen molar-refractivity contribution < 1.29 is 18.0 Å². The van der Waals surface area contributed by atoms with Crippen molar-refractivity contribution in [1.82, 2.24) is 9.97 Å². The average molecular weight is 382 g/mol. The maximum atomic E-state index is 13.0. The van der Waals surface area contributed by atoms with Crippen LogP contribution in [0, 0.1) is 0 Å². The van der Waals surface area contributed by atoms with E-state index in [1.165, 1.54) is 18.6 Å². The smallest absolute Gasteiger partial charge is 0.306 e. The molecular weight excluding hydrogens is 369 g/mol. The lowest BCUT2D eigenvalue weighted by Crippen LogP contribution is -2.13. The molecule has 2 heterocycles. The third-order valence-corrected chi connectivity index (χ3v) is 4.32. The van der Waals surface area contributed by atoms with Gasteiger partial charge in [0.1, 0.15) is 12.1 Å². The van der Waals surface area contributed by atoms with Gasteiger partial charge in [0.25, 0.3) is 5.91 Å². The van der Waals surface area contributed by atoms with E-state index in [0.717, 1.165) is 17.7 Å². The second-order valence-corrected chi connectivity index (χ2v) is 6.18. The molecule has 3 aromatic rings. The molecule has 1 amide bonds. The third kappa shape index (κ3) is 3.48. The molecule has 0 atom stereocenters. The normalized spacial score (nSPS) is 13.0. The van der Waals surface area contributed by atoms with Gasteiger partial charge in [0, 0.05) is 12.6 Å². The van der Waals surface area contributed by atoms with Crippen LogP contribution in [-0.2, 0) is 12.6 Å². The van der Waals surface area contributed by atoms with Crippen LogP contribution in [0.5, 0.6) is 0 Å². The standard InChI is InChI=1S/C20H13F3N4O/c21-20(22,23)14-5-1-3-12(9-14)16-10-13-4-2-6-15(18(13)26-16)19(28)27-17-7-8-24-11-25-17/h1-9,11H,10H2,(H,24,25,27,28). The number of para-hydroxylation sites is 1. The molecule has 1 N–H and O–H groups in total. The summed E-state index contributed by atoms with van der Waals surface area (Å²) in [5.74, 6) is -0.0535. The van der Waals surface area contributed by atoms with E-state index in [0.29, 0.717) is 34.8 Å². The van der Waals surface area contributed by atoms with Crippen LogP contribution in [0.15, 0.2) is 66.0 Å². The number of amides is 1. The van der Waals surface area contributed by atoms with E-state index in [2.05, 4.69) is 20.3 Å². The van der Waals surface area contributed by atoms with Crippen LogP contribution in [0.2, 0.25) is 0 Å². The van der Waals surface area contributed by atoms with E-state index in [4.69, 9.17) is 0 Å². The van der Waals surface area contributed by atoms with Crippen molar-refractivity contribution in [3.05, 3.63) is 83.3 Å². The molecule has 0 bridgehead atoms. The second kappa shape index (κ2) is 6.88. The number of alkyl halides is 3. The number of carbonyl (C=O) groups excluding carboxylic acids is 1. The van der Waals surface area contributed by atoms with Crippen LogP contribution >= 0.6 is 0 Å². The molecule has 4 rings (SSSR count). The van der Waals surface area contributed by atoms with Crippen molar-refractivity contribution in [2.24, 2.45) is 4.99 Å². The van der Waals surface area contributed by atoms with Crippen LogP contribution in [-0.4, -0.2) is 21.6 Å². The SMILES string of the molecule is O=C(Nc1ccncn1)c1cccc2c1N=C(c1cccc(C(F)(F)F)c1)C2. The van der Waals surface area contributed by atoms with Crippen LogP contribution in [0.3, 0.4) is 0 Å². The molecule has 2 aromatic carbocycles. The van der Waals surface area contributed by atoms with Crippen LogP contribution in [0.1, 0.15) is 27.0 Å². The first-order valence-electron chi connectivity index (χ1n) is 8.36. The first kappa shape index (κ1) is 17.8. The molecule has 0 saturated carbocycles. The van der Waals surface area contributed by atoms with Gasteiger partial charge in [-0.2, -0.15) is 13.2 Å². The molecule has 0 unspecified atom stereocenters. The molecule has 140 valence electrons. The number of nitrogens with zero attached hydrogens (tertiary/aromatic N) is 3. The Morgan fingerprint density at radius 1 is 1.07 bits per heavy atom. The summed E-state index contributed by atoms with van der Waals surface area (Å²) in [4.78, 5) is 24.8. The fraction of sp³-hybridized carbons (Fsp3) is 0.100. The lowest BCUT2D eigenvalue weighted by Gasteiger charge is -2.08. The lowest BCUT2D eigenvalue weighted by molar-refractivity contribution is -0.137. The van der Waals surface area contributed by atoms with Crippen molar-refractivity contribution in [3.63, 3.8) is 0 Å². The monoisotopic (exact) mass is 382 g/mol. The molecule has 8 heteroatoms. The number of halogens is 3. The molecule has 0 saturated heterocycles. The number of rotatable bonds is 3. The summed E-state index contributed by atoms with van der Waals surface area (Å²) in [6, 6.07) is 11.7. The maximum absolute atomic E-state index is 13.0. The van der Waals surface area contributed by atoms with Crippen molar-refractivity contribution in [3.8, 4) is 0 Å². The highest BCUT2D eigenvalue weighted by molar-refractivity contribution is 6.13. The minimum absolute atomic E-state index is 0.332. The Morgan fingerprint density at radius 2 is 1.89 bits per heavy atom. The Labute approximate surface area is 158 Å². The summed E-state index contributed by atoms with van der Waals surface area (Å²) in [7, 11) is 0. The van der Waals surface area contributed by atoms with Gasteiger partial charge in [0.2, 0.25) is 0 Å². The Hall–Kier alpha value is -3.55. The molecule has 0 spiro atoms. The quantitative estimate of drug-likeness (QED) is 0.729. The first-order valence-corrected chi connectivity index (χ1v) is 8.36. The molecule has 28 heavy (non-hydrogen) atoms. The van der Waals surface area contributed by atoms with Gasteiger partial charge in [-0.1, -0.05) is 24.3 Å². The predicted octanol–water partition coefficient (Wildman–Crippen LogP) is 4.42. The average Bonchev–Trinajstić information content (AvgIpc) is 3.12. The van der Waals surface area contributed by atoms with E-state index in [1.807, 2.05) is 0 Å². The zero-order valence-corrected chi connectivity index (χ0v) is 14.4. The van der Waals surface area contributed by atoms with Crippen molar-refractivity contribution in [1.29, 1.82) is 0 Å². The number of nitrogens with one attached hydrogen (secondary N) is 1. The van der Waals surface area contributed by atoms with E-state index in [9.17, 15) is 18.0 Å². The second-order valence-electron chi connectivity index (χ2n) is 6.18. The number of aliphatic imine (C=N–C) groups is 1. The Bertz CT molecular complexity index is 1080. The zero-order chi connectivity index (χ0) is 19.7. The fourth-order valence-electron chi connectivity index (χ4n) is 2.99. The summed E-state index contributed by atoms with van der Waals surface area (Å²) < 4.78 is 39.0. The van der Waals surface area contributed by atoms with Crippen molar-refractivity contribution >= 4 is 23.1 Å². The van der Waals surface area contributed by atoms with E-state index in [1.54, 1.807) is 30.3 Å². The van der Waals surface area contributed by atoms with E-state index >= 15 is 0 Å². The molecule has 1 aliphatic rings.